The molecule has 3 aliphatic rings. The average molecular weight is 356 g/mol. The molecule has 1 aromatic carbocycles. The van der Waals surface area contributed by atoms with Crippen molar-refractivity contribution in [1.29, 1.82) is 0 Å². The smallest absolute Gasteiger partial charge is 0.255 e. The van der Waals surface area contributed by atoms with Gasteiger partial charge in [0, 0.05) is 44.7 Å². The molecular formula is C19H24N4O3. The summed E-state index contributed by atoms with van der Waals surface area (Å²) in [6, 6.07) is 5.26. The summed E-state index contributed by atoms with van der Waals surface area (Å²) in [6.45, 7) is 4.39. The Morgan fingerprint density at radius 2 is 2.04 bits per heavy atom. The molecule has 0 radical (unpaired) electrons. The third-order valence-electron chi connectivity index (χ3n) is 5.56. The van der Waals surface area contributed by atoms with Crippen molar-refractivity contribution in [3.63, 3.8) is 0 Å². The highest BCUT2D eigenvalue weighted by atomic mass is 16.2. The molecule has 3 heterocycles. The van der Waals surface area contributed by atoms with Gasteiger partial charge in [-0.05, 0) is 36.6 Å². The van der Waals surface area contributed by atoms with E-state index in [0.29, 0.717) is 24.4 Å². The predicted octanol–water partition coefficient (Wildman–Crippen LogP) is 0.0988. The quantitative estimate of drug-likeness (QED) is 0.732. The van der Waals surface area contributed by atoms with Gasteiger partial charge in [0.1, 0.15) is 6.04 Å². The second-order valence-corrected chi connectivity index (χ2v) is 7.56. The summed E-state index contributed by atoms with van der Waals surface area (Å²) in [7, 11) is 2.10. The van der Waals surface area contributed by atoms with Crippen molar-refractivity contribution in [2.45, 2.75) is 32.0 Å². The van der Waals surface area contributed by atoms with Gasteiger partial charge in [-0.2, -0.15) is 0 Å². The molecule has 1 aromatic rings. The van der Waals surface area contributed by atoms with Crippen LogP contribution in [0.1, 0.15) is 34.3 Å². The van der Waals surface area contributed by atoms with E-state index in [1.807, 2.05) is 12.1 Å². The van der Waals surface area contributed by atoms with Crippen LogP contribution in [0.4, 0.5) is 0 Å². The van der Waals surface area contributed by atoms with Crippen LogP contribution in [-0.4, -0.2) is 60.2 Å². The fourth-order valence-electron chi connectivity index (χ4n) is 4.07. The second kappa shape index (κ2) is 6.81. The Bertz CT molecular complexity index is 759. The molecule has 0 aliphatic carbocycles. The highest BCUT2D eigenvalue weighted by Gasteiger charge is 2.39. The fourth-order valence-corrected chi connectivity index (χ4v) is 4.07. The molecule has 0 aromatic heterocycles. The molecule has 0 spiro atoms. The molecule has 3 amide bonds. The standard InChI is InChI=1S/C19H24N4O3/c1-22(9-12-7-20-8-12)10-13-3-2-4-14-15(13)11-23(19(14)26)16-5-6-17(24)21-18(16)25/h2-4,12,16,20H,5-11H2,1H3,(H,21,24,25). The van der Waals surface area contributed by atoms with Gasteiger partial charge in [0.05, 0.1) is 0 Å². The largest absolute Gasteiger partial charge is 0.322 e. The molecule has 2 saturated heterocycles. The van der Waals surface area contributed by atoms with E-state index in [9.17, 15) is 14.4 Å². The lowest BCUT2D eigenvalue weighted by Crippen LogP contribution is -2.52. The Labute approximate surface area is 152 Å². The number of imide groups is 1. The number of nitrogens with one attached hydrogen (secondary N) is 2. The molecule has 0 saturated carbocycles. The topological polar surface area (TPSA) is 81.8 Å². The monoisotopic (exact) mass is 356 g/mol. The molecule has 7 heteroatoms. The van der Waals surface area contributed by atoms with E-state index in [0.717, 1.165) is 37.3 Å². The Morgan fingerprint density at radius 3 is 2.73 bits per heavy atom. The minimum absolute atomic E-state index is 0.109. The van der Waals surface area contributed by atoms with E-state index >= 15 is 0 Å². The number of benzene rings is 1. The summed E-state index contributed by atoms with van der Waals surface area (Å²) in [6.07, 6.45) is 0.676. The summed E-state index contributed by atoms with van der Waals surface area (Å²) >= 11 is 0. The zero-order valence-corrected chi connectivity index (χ0v) is 15.0. The predicted molar refractivity (Wildman–Crippen MR) is 95.2 cm³/mol. The van der Waals surface area contributed by atoms with Gasteiger partial charge in [-0.25, -0.2) is 0 Å². The number of amides is 3. The van der Waals surface area contributed by atoms with Crippen LogP contribution < -0.4 is 10.6 Å². The Balaban J connectivity index is 1.50. The van der Waals surface area contributed by atoms with Crippen molar-refractivity contribution in [2.24, 2.45) is 5.92 Å². The summed E-state index contributed by atoms with van der Waals surface area (Å²) in [4.78, 5) is 40.3. The van der Waals surface area contributed by atoms with Crippen LogP contribution in [0.15, 0.2) is 18.2 Å². The first-order valence-electron chi connectivity index (χ1n) is 9.17. The number of piperidine rings is 1. The molecule has 2 N–H and O–H groups in total. The summed E-state index contributed by atoms with van der Waals surface area (Å²) in [5, 5.41) is 5.64. The molecule has 1 unspecified atom stereocenters. The highest BCUT2D eigenvalue weighted by molar-refractivity contribution is 6.05. The molecule has 2 fully saturated rings. The van der Waals surface area contributed by atoms with Crippen LogP contribution in [-0.2, 0) is 22.7 Å². The number of nitrogens with zero attached hydrogens (tertiary/aromatic N) is 2. The lowest BCUT2D eigenvalue weighted by Gasteiger charge is -2.31. The molecular weight excluding hydrogens is 332 g/mol. The van der Waals surface area contributed by atoms with Crippen LogP contribution in [0.25, 0.3) is 0 Å². The zero-order chi connectivity index (χ0) is 18.3. The van der Waals surface area contributed by atoms with Crippen LogP contribution in [0.5, 0.6) is 0 Å². The van der Waals surface area contributed by atoms with Crippen LogP contribution in [0, 0.1) is 5.92 Å². The van der Waals surface area contributed by atoms with Gasteiger partial charge in [-0.1, -0.05) is 12.1 Å². The maximum atomic E-state index is 12.8. The van der Waals surface area contributed by atoms with E-state index in [-0.39, 0.29) is 24.1 Å². The van der Waals surface area contributed by atoms with Gasteiger partial charge in [0.2, 0.25) is 11.8 Å². The minimum atomic E-state index is -0.556. The molecule has 138 valence electrons. The normalized spacial score (nSPS) is 23.2. The van der Waals surface area contributed by atoms with Crippen LogP contribution in [0.2, 0.25) is 0 Å². The van der Waals surface area contributed by atoms with Crippen molar-refractivity contribution in [3.8, 4) is 0 Å². The maximum Gasteiger partial charge on any atom is 0.255 e. The Hall–Kier alpha value is -2.25. The number of hydrogen-bond donors (Lipinski definition) is 2. The molecule has 4 rings (SSSR count). The maximum absolute atomic E-state index is 12.8. The van der Waals surface area contributed by atoms with Crippen LogP contribution >= 0.6 is 0 Å². The van der Waals surface area contributed by atoms with Gasteiger partial charge < -0.3 is 15.1 Å². The zero-order valence-electron chi connectivity index (χ0n) is 15.0. The van der Waals surface area contributed by atoms with E-state index < -0.39 is 6.04 Å². The first-order valence-corrected chi connectivity index (χ1v) is 9.17. The molecule has 0 bridgehead atoms. The minimum Gasteiger partial charge on any atom is -0.322 e. The highest BCUT2D eigenvalue weighted by Crippen LogP contribution is 2.30. The lowest BCUT2D eigenvalue weighted by atomic mass is 10.0. The molecule has 7 nitrogen and oxygen atoms in total. The summed E-state index contributed by atoms with van der Waals surface area (Å²) in [5.41, 5.74) is 2.84. The number of carbonyl (C=O) groups excluding carboxylic acids is 3. The number of fused-ring (bicyclic) bond motifs is 1. The number of carbonyl (C=O) groups is 3. The van der Waals surface area contributed by atoms with E-state index in [1.54, 1.807) is 4.90 Å². The van der Waals surface area contributed by atoms with Crippen molar-refractivity contribution in [3.05, 3.63) is 34.9 Å². The SMILES string of the molecule is CN(Cc1cccc2c1CN(C1CCC(=O)NC1=O)C2=O)CC1CNC1. The van der Waals surface area contributed by atoms with Gasteiger partial charge in [0.25, 0.3) is 5.91 Å². The Kier molecular flexibility index (Phi) is 4.50. The van der Waals surface area contributed by atoms with E-state index in [4.69, 9.17) is 0 Å². The van der Waals surface area contributed by atoms with Gasteiger partial charge in [0.15, 0.2) is 0 Å². The van der Waals surface area contributed by atoms with Crippen molar-refractivity contribution < 1.29 is 14.4 Å². The second-order valence-electron chi connectivity index (χ2n) is 7.56. The summed E-state index contributed by atoms with van der Waals surface area (Å²) < 4.78 is 0. The number of hydrogen-bond acceptors (Lipinski definition) is 5. The van der Waals surface area contributed by atoms with Crippen molar-refractivity contribution in [2.75, 3.05) is 26.7 Å². The van der Waals surface area contributed by atoms with Crippen LogP contribution in [0.3, 0.4) is 0 Å². The van der Waals surface area contributed by atoms with Gasteiger partial charge in [-0.3, -0.25) is 19.7 Å². The molecule has 26 heavy (non-hydrogen) atoms. The number of rotatable bonds is 5. The van der Waals surface area contributed by atoms with Gasteiger partial charge in [-0.15, -0.1) is 0 Å². The Morgan fingerprint density at radius 1 is 1.23 bits per heavy atom. The third-order valence-corrected chi connectivity index (χ3v) is 5.56. The van der Waals surface area contributed by atoms with Gasteiger partial charge >= 0.3 is 0 Å². The van der Waals surface area contributed by atoms with E-state index in [1.165, 1.54) is 0 Å². The molecule has 1 atom stereocenters. The fraction of sp³-hybridized carbons (Fsp3) is 0.526. The van der Waals surface area contributed by atoms with Crippen molar-refractivity contribution >= 4 is 17.7 Å². The lowest BCUT2D eigenvalue weighted by molar-refractivity contribution is -0.136. The van der Waals surface area contributed by atoms with E-state index in [2.05, 4.69) is 28.6 Å². The first-order chi connectivity index (χ1) is 12.5. The summed E-state index contributed by atoms with van der Waals surface area (Å²) in [5.74, 6) is -0.0395. The van der Waals surface area contributed by atoms with Crippen molar-refractivity contribution in [1.82, 2.24) is 20.4 Å². The third kappa shape index (κ3) is 3.12. The average Bonchev–Trinajstić information content (AvgIpc) is 2.89. The first kappa shape index (κ1) is 17.2. The molecule has 3 aliphatic heterocycles.